The Kier molecular flexibility index (Phi) is 10.0. The summed E-state index contributed by atoms with van der Waals surface area (Å²) in [5.74, 6) is -0.321. The molecule has 2 aromatic heterocycles. The number of nitrogens with zero attached hydrogens (tertiary/aromatic N) is 4. The largest absolute Gasteiger partial charge is 0.340 e. The van der Waals surface area contributed by atoms with Crippen molar-refractivity contribution in [1.29, 1.82) is 0 Å². The van der Waals surface area contributed by atoms with E-state index in [9.17, 15) is 9.59 Å². The van der Waals surface area contributed by atoms with Crippen LogP contribution in [0.3, 0.4) is 0 Å². The fraction of sp³-hybridized carbons (Fsp3) is 0.333. The normalized spacial score (nSPS) is 18.1. The molecule has 3 heterocycles. The van der Waals surface area contributed by atoms with Gasteiger partial charge in [-0.15, -0.1) is 0 Å². The third-order valence-corrected chi connectivity index (χ3v) is 11.7. The van der Waals surface area contributed by atoms with Crippen LogP contribution in [0.2, 0.25) is 0 Å². The first kappa shape index (κ1) is 35.7. The SMILES string of the molecule is CCCCn1/c(=C/C=C2\CCC/C(=C\C=c3/c4cccc5cccc(c54)n3CCCC)C2=C2C(=O)N(CC)CN(CC)C2=O)c2cccc3cccc1c32. The Bertz CT molecular complexity index is 2420. The summed E-state index contributed by atoms with van der Waals surface area (Å²) >= 11 is 0. The van der Waals surface area contributed by atoms with Crippen LogP contribution in [0.25, 0.3) is 55.5 Å². The molecular weight excluding hydrogens is 665 g/mol. The van der Waals surface area contributed by atoms with Gasteiger partial charge in [-0.25, -0.2) is 0 Å². The number of hydrogen-bond acceptors (Lipinski definition) is 2. The molecule has 0 N–H and O–H groups in total. The Hall–Kier alpha value is -5.36. The zero-order chi connectivity index (χ0) is 37.3. The van der Waals surface area contributed by atoms with Crippen LogP contribution in [0.15, 0.2) is 107 Å². The number of aryl methyl sites for hydroxylation is 2. The van der Waals surface area contributed by atoms with Crippen molar-refractivity contribution < 1.29 is 9.59 Å². The molecule has 6 heteroatoms. The molecule has 2 fully saturated rings. The molecule has 54 heavy (non-hydrogen) atoms. The standard InChI is InChI=1S/C48H52N4O2/c1-5-9-30-51-39(37-22-12-18-33-20-14-24-41(51)44(33)37)28-26-35-16-11-17-36(43(35)46-47(53)49(7-3)32-50(8-4)48(46)54)27-29-40-38-23-13-19-34-21-15-25-42(45(34)38)52(40)31-10-6-2/h12-15,18-29H,5-11,16-17,30-32H2,1-4H3/b35-26+,36-27+,39-28+,40-29+. The second kappa shape index (κ2) is 15.2. The summed E-state index contributed by atoms with van der Waals surface area (Å²) in [5, 5.41) is 9.93. The van der Waals surface area contributed by atoms with Gasteiger partial charge in [0.2, 0.25) is 0 Å². The molecule has 6 nitrogen and oxygen atoms in total. The van der Waals surface area contributed by atoms with Crippen molar-refractivity contribution in [2.24, 2.45) is 0 Å². The minimum atomic E-state index is -0.161. The van der Waals surface area contributed by atoms with Gasteiger partial charge in [0.25, 0.3) is 11.8 Å². The minimum absolute atomic E-state index is 0.161. The van der Waals surface area contributed by atoms with E-state index >= 15 is 0 Å². The molecule has 1 saturated heterocycles. The van der Waals surface area contributed by atoms with E-state index in [-0.39, 0.29) is 11.8 Å². The maximum atomic E-state index is 14.4. The van der Waals surface area contributed by atoms with Crippen molar-refractivity contribution in [3.8, 4) is 0 Å². The van der Waals surface area contributed by atoms with Gasteiger partial charge in [0.05, 0.1) is 6.67 Å². The maximum absolute atomic E-state index is 14.4. The smallest absolute Gasteiger partial charge is 0.261 e. The Morgan fingerprint density at radius 1 is 0.556 bits per heavy atom. The predicted octanol–water partition coefficient (Wildman–Crippen LogP) is 9.20. The zero-order valence-electron chi connectivity index (χ0n) is 32.3. The summed E-state index contributed by atoms with van der Waals surface area (Å²) in [7, 11) is 0. The lowest BCUT2D eigenvalue weighted by Gasteiger charge is -2.37. The fourth-order valence-electron chi connectivity index (χ4n) is 8.93. The van der Waals surface area contributed by atoms with Crippen LogP contribution in [0.5, 0.6) is 0 Å². The van der Waals surface area contributed by atoms with E-state index in [2.05, 4.69) is 120 Å². The van der Waals surface area contributed by atoms with Crippen molar-refractivity contribution >= 4 is 67.3 Å². The molecule has 0 atom stereocenters. The van der Waals surface area contributed by atoms with Crippen LogP contribution in [-0.4, -0.2) is 50.5 Å². The number of amides is 2. The van der Waals surface area contributed by atoms with E-state index in [1.807, 2.05) is 23.6 Å². The lowest BCUT2D eigenvalue weighted by Crippen LogP contribution is -2.53. The summed E-state index contributed by atoms with van der Waals surface area (Å²) in [5.41, 5.74) is 5.77. The van der Waals surface area contributed by atoms with Crippen molar-refractivity contribution in [3.63, 3.8) is 0 Å². The van der Waals surface area contributed by atoms with E-state index in [4.69, 9.17) is 0 Å². The average Bonchev–Trinajstić information content (AvgIpc) is 3.68. The number of carbonyl (C=O) groups excluding carboxylic acids is 2. The van der Waals surface area contributed by atoms with Crippen LogP contribution < -0.4 is 10.7 Å². The monoisotopic (exact) mass is 716 g/mol. The van der Waals surface area contributed by atoms with Crippen LogP contribution in [-0.2, 0) is 22.7 Å². The molecule has 8 rings (SSSR count). The highest BCUT2D eigenvalue weighted by Gasteiger charge is 2.38. The number of unbranched alkanes of at least 4 members (excludes halogenated alkanes) is 2. The predicted molar refractivity (Wildman–Crippen MR) is 225 cm³/mol. The van der Waals surface area contributed by atoms with Gasteiger partial charge in [0.15, 0.2) is 0 Å². The molecule has 1 aliphatic heterocycles. The highest BCUT2D eigenvalue weighted by Crippen LogP contribution is 2.38. The average molecular weight is 717 g/mol. The van der Waals surface area contributed by atoms with E-state index in [0.29, 0.717) is 25.3 Å². The molecule has 6 aromatic rings. The highest BCUT2D eigenvalue weighted by atomic mass is 16.2. The van der Waals surface area contributed by atoms with Crippen LogP contribution >= 0.6 is 0 Å². The second-order valence-electron chi connectivity index (χ2n) is 14.9. The lowest BCUT2D eigenvalue weighted by molar-refractivity contribution is -0.143. The molecule has 2 amide bonds. The first-order valence-electron chi connectivity index (χ1n) is 20.2. The summed E-state index contributed by atoms with van der Waals surface area (Å²) in [6.07, 6.45) is 15.9. The van der Waals surface area contributed by atoms with Gasteiger partial charge in [0, 0.05) is 69.5 Å². The molecule has 276 valence electrons. The third-order valence-electron chi connectivity index (χ3n) is 11.7. The van der Waals surface area contributed by atoms with Gasteiger partial charge in [-0.05, 0) is 97.7 Å². The third kappa shape index (κ3) is 6.06. The van der Waals surface area contributed by atoms with E-state index in [1.54, 1.807) is 0 Å². The topological polar surface area (TPSA) is 50.5 Å². The minimum Gasteiger partial charge on any atom is -0.340 e. The van der Waals surface area contributed by atoms with Gasteiger partial charge in [-0.3, -0.25) is 9.59 Å². The van der Waals surface area contributed by atoms with E-state index < -0.39 is 0 Å². The molecule has 0 spiro atoms. The Labute approximate surface area is 318 Å². The first-order chi connectivity index (χ1) is 26.5. The first-order valence-corrected chi connectivity index (χ1v) is 20.2. The van der Waals surface area contributed by atoms with E-state index in [1.165, 1.54) is 54.0 Å². The fourth-order valence-corrected chi connectivity index (χ4v) is 8.93. The number of likely N-dealkylation sites (N-methyl/N-ethyl adjacent to an activating group) is 2. The van der Waals surface area contributed by atoms with Crippen LogP contribution in [0, 0.1) is 0 Å². The van der Waals surface area contributed by atoms with Gasteiger partial charge < -0.3 is 18.9 Å². The van der Waals surface area contributed by atoms with Gasteiger partial charge in [-0.1, -0.05) is 99.5 Å². The van der Waals surface area contributed by atoms with Crippen molar-refractivity contribution in [2.45, 2.75) is 85.7 Å². The van der Waals surface area contributed by atoms with Crippen LogP contribution in [0.1, 0.15) is 72.6 Å². The van der Waals surface area contributed by atoms with Crippen LogP contribution in [0.4, 0.5) is 0 Å². The molecule has 0 radical (unpaired) electrons. The number of carbonyl (C=O) groups is 2. The highest BCUT2D eigenvalue weighted by molar-refractivity contribution is 6.21. The quantitative estimate of drug-likeness (QED) is 0.105. The number of hydrogen-bond donors (Lipinski definition) is 0. The zero-order valence-corrected chi connectivity index (χ0v) is 32.3. The Morgan fingerprint density at radius 3 is 1.43 bits per heavy atom. The molecular formula is C48H52N4O2. The number of aromatic nitrogens is 2. The summed E-state index contributed by atoms with van der Waals surface area (Å²) < 4.78 is 4.93. The summed E-state index contributed by atoms with van der Waals surface area (Å²) in [6.45, 7) is 11.8. The Morgan fingerprint density at radius 2 is 1.00 bits per heavy atom. The van der Waals surface area contributed by atoms with Crippen molar-refractivity contribution in [2.75, 3.05) is 19.8 Å². The number of benzene rings is 4. The summed E-state index contributed by atoms with van der Waals surface area (Å²) in [4.78, 5) is 32.3. The molecule has 2 aliphatic rings. The van der Waals surface area contributed by atoms with E-state index in [0.717, 1.165) is 74.8 Å². The lowest BCUT2D eigenvalue weighted by atomic mass is 9.80. The van der Waals surface area contributed by atoms with Gasteiger partial charge in [-0.2, -0.15) is 0 Å². The Balaban J connectivity index is 1.38. The number of rotatable bonds is 10. The van der Waals surface area contributed by atoms with Gasteiger partial charge in [0.1, 0.15) is 5.57 Å². The number of allylic oxidation sites excluding steroid dienone is 5. The van der Waals surface area contributed by atoms with Crippen molar-refractivity contribution in [1.82, 2.24) is 18.9 Å². The maximum Gasteiger partial charge on any atom is 0.261 e. The molecule has 4 aromatic carbocycles. The van der Waals surface area contributed by atoms with Gasteiger partial charge >= 0.3 is 0 Å². The molecule has 1 aliphatic carbocycles. The molecule has 0 unspecified atom stereocenters. The second-order valence-corrected chi connectivity index (χ2v) is 14.9. The molecule has 0 bridgehead atoms. The summed E-state index contributed by atoms with van der Waals surface area (Å²) in [6, 6.07) is 26.3. The molecule has 1 saturated carbocycles. The van der Waals surface area contributed by atoms with Crippen molar-refractivity contribution in [3.05, 3.63) is 118 Å².